The summed E-state index contributed by atoms with van der Waals surface area (Å²) in [5, 5.41) is 6.48. The number of benzene rings is 2. The smallest absolute Gasteiger partial charge is 0.160 e. The lowest BCUT2D eigenvalue weighted by molar-refractivity contribution is 0.666. The van der Waals surface area contributed by atoms with Gasteiger partial charge in [-0.05, 0) is 29.8 Å². The van der Waals surface area contributed by atoms with Crippen molar-refractivity contribution in [3.63, 3.8) is 0 Å². The number of nitrogens with zero attached hydrogens (tertiary/aromatic N) is 3. The molecule has 3 aromatic rings. The Balaban J connectivity index is 2.26. The van der Waals surface area contributed by atoms with Crippen LogP contribution < -0.4 is 5.73 Å². The number of nitrogen functional groups attached to an aromatic ring is 1. The van der Waals surface area contributed by atoms with Crippen LogP contribution in [0.25, 0.3) is 22.2 Å². The minimum absolute atomic E-state index is 0.733. The molecule has 0 amide bonds. The molecule has 0 aliphatic carbocycles. The van der Waals surface area contributed by atoms with E-state index in [0.29, 0.717) is 0 Å². The van der Waals surface area contributed by atoms with Crippen molar-refractivity contribution in [2.75, 3.05) is 5.73 Å². The Morgan fingerprint density at radius 3 is 2.61 bits per heavy atom. The predicted molar refractivity (Wildman–Crippen MR) is 73.1 cm³/mol. The van der Waals surface area contributed by atoms with Gasteiger partial charge in [-0.3, -0.25) is 0 Å². The fourth-order valence-corrected chi connectivity index (χ4v) is 2.16. The highest BCUT2D eigenvalue weighted by Crippen LogP contribution is 2.29. The molecule has 3 rings (SSSR count). The normalized spacial score (nSPS) is 10.9. The highest BCUT2D eigenvalue weighted by Gasteiger charge is 2.10. The summed E-state index contributed by atoms with van der Waals surface area (Å²) < 4.78 is 1.85. The summed E-state index contributed by atoms with van der Waals surface area (Å²) in [6.07, 6.45) is 1.56. The third-order valence-electron chi connectivity index (χ3n) is 3.07. The third-order valence-corrected chi connectivity index (χ3v) is 3.07. The Morgan fingerprint density at radius 2 is 1.89 bits per heavy atom. The van der Waals surface area contributed by atoms with Crippen molar-refractivity contribution in [1.82, 2.24) is 14.8 Å². The molecule has 0 saturated carbocycles. The van der Waals surface area contributed by atoms with Gasteiger partial charge in [0, 0.05) is 17.8 Å². The molecule has 0 atom stereocenters. The average molecular weight is 238 g/mol. The molecule has 0 saturated heterocycles. The monoisotopic (exact) mass is 238 g/mol. The highest BCUT2D eigenvalue weighted by atomic mass is 15.3. The van der Waals surface area contributed by atoms with E-state index in [4.69, 9.17) is 5.73 Å². The Hall–Kier alpha value is -2.36. The Morgan fingerprint density at radius 1 is 1.17 bits per heavy atom. The molecule has 0 radical (unpaired) electrons. The van der Waals surface area contributed by atoms with E-state index in [1.165, 1.54) is 0 Å². The second-order valence-corrected chi connectivity index (χ2v) is 4.19. The molecule has 0 aliphatic rings. The number of rotatable bonds is 2. The Bertz CT molecular complexity index is 700. The van der Waals surface area contributed by atoms with E-state index in [-0.39, 0.29) is 0 Å². The Labute approximate surface area is 105 Å². The summed E-state index contributed by atoms with van der Waals surface area (Å²) in [7, 11) is 0. The molecule has 0 bridgehead atoms. The summed E-state index contributed by atoms with van der Waals surface area (Å²) in [5.74, 6) is 0.820. The zero-order chi connectivity index (χ0) is 12.5. The number of hydrogen-bond donors (Lipinski definition) is 1. The van der Waals surface area contributed by atoms with Crippen LogP contribution in [0.1, 0.15) is 6.92 Å². The summed E-state index contributed by atoms with van der Waals surface area (Å²) in [6.45, 7) is 2.82. The van der Waals surface area contributed by atoms with Crippen LogP contribution in [0, 0.1) is 0 Å². The van der Waals surface area contributed by atoms with Crippen molar-refractivity contribution in [2.45, 2.75) is 13.5 Å². The van der Waals surface area contributed by atoms with Gasteiger partial charge in [0.15, 0.2) is 5.82 Å². The molecule has 4 nitrogen and oxygen atoms in total. The molecule has 4 heteroatoms. The topological polar surface area (TPSA) is 56.7 Å². The van der Waals surface area contributed by atoms with Crippen molar-refractivity contribution in [1.29, 1.82) is 0 Å². The molecule has 0 unspecified atom stereocenters. The number of anilines is 1. The van der Waals surface area contributed by atoms with Gasteiger partial charge in [-0.25, -0.2) is 9.67 Å². The first-order valence-corrected chi connectivity index (χ1v) is 5.96. The lowest BCUT2D eigenvalue weighted by Crippen LogP contribution is -2.01. The molecular formula is C14H14N4. The SMILES string of the molecule is CCn1ncnc1-c1cc2ccccc2cc1N. The standard InChI is InChI=1S/C14H14N4/c1-2-18-14(16-9-17-18)12-7-10-5-3-4-6-11(10)8-13(12)15/h3-9H,2,15H2,1H3. The molecular weight excluding hydrogens is 224 g/mol. The van der Waals surface area contributed by atoms with E-state index in [1.807, 2.05) is 29.8 Å². The van der Waals surface area contributed by atoms with Crippen LogP contribution in [-0.4, -0.2) is 14.8 Å². The zero-order valence-corrected chi connectivity index (χ0v) is 10.2. The van der Waals surface area contributed by atoms with Gasteiger partial charge in [-0.1, -0.05) is 24.3 Å². The lowest BCUT2D eigenvalue weighted by atomic mass is 10.0. The maximum absolute atomic E-state index is 6.12. The fraction of sp³-hybridized carbons (Fsp3) is 0.143. The first-order valence-electron chi connectivity index (χ1n) is 5.96. The molecule has 1 heterocycles. The third kappa shape index (κ3) is 1.62. The van der Waals surface area contributed by atoms with Crippen molar-refractivity contribution in [3.05, 3.63) is 42.7 Å². The number of nitrogens with two attached hydrogens (primary N) is 1. The molecule has 0 spiro atoms. The molecule has 2 N–H and O–H groups in total. The number of aromatic nitrogens is 3. The van der Waals surface area contributed by atoms with Gasteiger partial charge in [0.25, 0.3) is 0 Å². The maximum atomic E-state index is 6.12. The van der Waals surface area contributed by atoms with Crippen LogP contribution in [0.2, 0.25) is 0 Å². The van der Waals surface area contributed by atoms with Crippen LogP contribution >= 0.6 is 0 Å². The molecule has 1 aromatic heterocycles. The van der Waals surface area contributed by atoms with E-state index in [0.717, 1.165) is 34.4 Å². The van der Waals surface area contributed by atoms with Crippen molar-refractivity contribution in [3.8, 4) is 11.4 Å². The second-order valence-electron chi connectivity index (χ2n) is 4.19. The van der Waals surface area contributed by atoms with Gasteiger partial charge >= 0.3 is 0 Å². The van der Waals surface area contributed by atoms with E-state index >= 15 is 0 Å². The van der Waals surface area contributed by atoms with Crippen molar-refractivity contribution >= 4 is 16.5 Å². The first kappa shape index (κ1) is 10.8. The number of hydrogen-bond acceptors (Lipinski definition) is 3. The number of fused-ring (bicyclic) bond motifs is 1. The van der Waals surface area contributed by atoms with Crippen LogP contribution in [0.15, 0.2) is 42.7 Å². The van der Waals surface area contributed by atoms with Crippen LogP contribution in [0.4, 0.5) is 5.69 Å². The van der Waals surface area contributed by atoms with Crippen LogP contribution in [0.5, 0.6) is 0 Å². The molecule has 18 heavy (non-hydrogen) atoms. The van der Waals surface area contributed by atoms with E-state index in [2.05, 4.69) is 28.3 Å². The summed E-state index contributed by atoms with van der Waals surface area (Å²) in [6, 6.07) is 12.2. The molecule has 0 aliphatic heterocycles. The van der Waals surface area contributed by atoms with Gasteiger partial charge in [0.1, 0.15) is 6.33 Å². The summed E-state index contributed by atoms with van der Waals surface area (Å²) in [5.41, 5.74) is 7.79. The Kier molecular flexibility index (Phi) is 2.48. The van der Waals surface area contributed by atoms with Crippen molar-refractivity contribution < 1.29 is 0 Å². The minimum atomic E-state index is 0.733. The lowest BCUT2D eigenvalue weighted by Gasteiger charge is -2.08. The highest BCUT2D eigenvalue weighted by molar-refractivity contribution is 5.92. The minimum Gasteiger partial charge on any atom is -0.398 e. The molecule has 0 fully saturated rings. The van der Waals surface area contributed by atoms with Crippen LogP contribution in [-0.2, 0) is 6.54 Å². The second kappa shape index (κ2) is 4.14. The van der Waals surface area contributed by atoms with E-state index < -0.39 is 0 Å². The van der Waals surface area contributed by atoms with Gasteiger partial charge in [-0.2, -0.15) is 5.10 Å². The van der Waals surface area contributed by atoms with Crippen LogP contribution in [0.3, 0.4) is 0 Å². The van der Waals surface area contributed by atoms with Gasteiger partial charge in [0.2, 0.25) is 0 Å². The van der Waals surface area contributed by atoms with Gasteiger partial charge in [0.05, 0.1) is 0 Å². The fourth-order valence-electron chi connectivity index (χ4n) is 2.16. The van der Waals surface area contributed by atoms with Crippen molar-refractivity contribution in [2.24, 2.45) is 0 Å². The van der Waals surface area contributed by atoms with E-state index in [1.54, 1.807) is 6.33 Å². The molecule has 2 aromatic carbocycles. The van der Waals surface area contributed by atoms with Gasteiger partial charge in [-0.15, -0.1) is 0 Å². The number of aryl methyl sites for hydroxylation is 1. The maximum Gasteiger partial charge on any atom is 0.160 e. The predicted octanol–water partition coefficient (Wildman–Crippen LogP) is 2.70. The summed E-state index contributed by atoms with van der Waals surface area (Å²) >= 11 is 0. The molecule has 90 valence electrons. The quantitative estimate of drug-likeness (QED) is 0.698. The zero-order valence-electron chi connectivity index (χ0n) is 10.2. The first-order chi connectivity index (χ1) is 8.79. The van der Waals surface area contributed by atoms with E-state index in [9.17, 15) is 0 Å². The summed E-state index contributed by atoms with van der Waals surface area (Å²) in [4.78, 5) is 4.30. The van der Waals surface area contributed by atoms with Gasteiger partial charge < -0.3 is 5.73 Å². The average Bonchev–Trinajstić information content (AvgIpc) is 2.86. The largest absolute Gasteiger partial charge is 0.398 e.